The van der Waals surface area contributed by atoms with Gasteiger partial charge in [0.1, 0.15) is 0 Å². The predicted molar refractivity (Wildman–Crippen MR) is 68.2 cm³/mol. The maximum atomic E-state index is 8.07. The van der Waals surface area contributed by atoms with Gasteiger partial charge in [-0.1, -0.05) is 41.9 Å². The number of rotatable bonds is 2. The highest BCUT2D eigenvalue weighted by atomic mass is 35.5. The first-order valence-corrected chi connectivity index (χ1v) is 5.25. The summed E-state index contributed by atoms with van der Waals surface area (Å²) in [5.41, 5.74) is 8.28. The Hall–Kier alpha value is -1.80. The lowest BCUT2D eigenvalue weighted by molar-refractivity contribution is 1.46. The second-order valence-corrected chi connectivity index (χ2v) is 3.91. The van der Waals surface area contributed by atoms with Crippen LogP contribution in [-0.4, -0.2) is 5.71 Å². The van der Waals surface area contributed by atoms with Crippen LogP contribution in [0.2, 0.25) is 5.02 Å². The highest BCUT2D eigenvalue weighted by Gasteiger charge is 2.08. The van der Waals surface area contributed by atoms with E-state index in [1.165, 1.54) is 0 Å². The highest BCUT2D eigenvalue weighted by molar-refractivity contribution is 6.31. The van der Waals surface area contributed by atoms with Crippen LogP contribution >= 0.6 is 11.6 Å². The molecule has 0 saturated heterocycles. The van der Waals surface area contributed by atoms with Crippen LogP contribution in [-0.2, 0) is 0 Å². The molecule has 0 unspecified atom stereocenters. The molecule has 0 saturated carbocycles. The van der Waals surface area contributed by atoms with Crippen molar-refractivity contribution in [3.63, 3.8) is 0 Å². The van der Waals surface area contributed by atoms with E-state index in [1.807, 2.05) is 30.3 Å². The normalized spacial score (nSPS) is 10.1. The standard InChI is InChI=1S/C13H11ClN2/c14-10-6-7-12(15)11(8-10)13(16)9-4-2-1-3-5-9/h1-8,16H,15H2. The number of hydrogen-bond donors (Lipinski definition) is 2. The third-order valence-electron chi connectivity index (χ3n) is 2.35. The molecule has 0 bridgehead atoms. The highest BCUT2D eigenvalue weighted by Crippen LogP contribution is 2.20. The quantitative estimate of drug-likeness (QED) is 0.603. The lowest BCUT2D eigenvalue weighted by Gasteiger charge is -2.07. The van der Waals surface area contributed by atoms with Crippen molar-refractivity contribution in [2.75, 3.05) is 5.73 Å². The molecule has 3 heteroatoms. The van der Waals surface area contributed by atoms with Crippen LogP contribution in [0.25, 0.3) is 0 Å². The lowest BCUT2D eigenvalue weighted by Crippen LogP contribution is -2.05. The van der Waals surface area contributed by atoms with Crippen molar-refractivity contribution >= 4 is 23.0 Å². The van der Waals surface area contributed by atoms with Crippen LogP contribution in [0.5, 0.6) is 0 Å². The van der Waals surface area contributed by atoms with Crippen molar-refractivity contribution < 1.29 is 0 Å². The van der Waals surface area contributed by atoms with Crippen LogP contribution in [0.3, 0.4) is 0 Å². The van der Waals surface area contributed by atoms with E-state index in [9.17, 15) is 0 Å². The average molecular weight is 231 g/mol. The monoisotopic (exact) mass is 230 g/mol. The van der Waals surface area contributed by atoms with Crippen molar-refractivity contribution in [2.24, 2.45) is 0 Å². The second-order valence-electron chi connectivity index (χ2n) is 3.47. The zero-order chi connectivity index (χ0) is 11.5. The smallest absolute Gasteiger partial charge is 0.0705 e. The molecule has 0 aliphatic heterocycles. The molecule has 0 heterocycles. The third kappa shape index (κ3) is 2.07. The summed E-state index contributed by atoms with van der Waals surface area (Å²) >= 11 is 5.90. The Morgan fingerprint density at radius 3 is 2.44 bits per heavy atom. The van der Waals surface area contributed by atoms with Crippen LogP contribution in [0.1, 0.15) is 11.1 Å². The molecule has 0 radical (unpaired) electrons. The number of nitrogen functional groups attached to an aromatic ring is 1. The summed E-state index contributed by atoms with van der Waals surface area (Å²) in [4.78, 5) is 0. The summed E-state index contributed by atoms with van der Waals surface area (Å²) in [6.45, 7) is 0. The van der Waals surface area contributed by atoms with Crippen LogP contribution < -0.4 is 5.73 Å². The Morgan fingerprint density at radius 2 is 1.75 bits per heavy atom. The van der Waals surface area contributed by atoms with Crippen molar-refractivity contribution in [3.05, 3.63) is 64.7 Å². The predicted octanol–water partition coefficient (Wildman–Crippen LogP) is 3.34. The minimum atomic E-state index is 0.389. The fraction of sp³-hybridized carbons (Fsp3) is 0. The molecule has 2 rings (SSSR count). The molecule has 3 N–H and O–H groups in total. The molecule has 80 valence electrons. The molecular weight excluding hydrogens is 220 g/mol. The Kier molecular flexibility index (Phi) is 2.93. The number of benzene rings is 2. The summed E-state index contributed by atoms with van der Waals surface area (Å²) in [5.74, 6) is 0. The molecule has 2 aromatic carbocycles. The van der Waals surface area contributed by atoms with Crippen LogP contribution in [0.15, 0.2) is 48.5 Å². The molecule has 2 aromatic rings. The van der Waals surface area contributed by atoms with Crippen molar-refractivity contribution in [1.82, 2.24) is 0 Å². The Bertz CT molecular complexity index is 521. The SMILES string of the molecule is N=C(c1ccccc1)c1cc(Cl)ccc1N. The average Bonchev–Trinajstić information content (AvgIpc) is 2.32. The van der Waals surface area contributed by atoms with E-state index in [0.717, 1.165) is 5.56 Å². The van der Waals surface area contributed by atoms with Gasteiger partial charge in [-0.05, 0) is 18.2 Å². The molecule has 2 nitrogen and oxygen atoms in total. The van der Waals surface area contributed by atoms with Gasteiger partial charge in [0.25, 0.3) is 0 Å². The molecule has 0 aromatic heterocycles. The minimum absolute atomic E-state index is 0.389. The molecule has 0 atom stereocenters. The van der Waals surface area contributed by atoms with Crippen molar-refractivity contribution in [3.8, 4) is 0 Å². The first kappa shape index (κ1) is 10.7. The molecule has 0 aliphatic carbocycles. The van der Waals surface area contributed by atoms with Gasteiger partial charge in [0.05, 0.1) is 5.71 Å². The van der Waals surface area contributed by atoms with Gasteiger partial charge < -0.3 is 5.73 Å². The van der Waals surface area contributed by atoms with Crippen LogP contribution in [0, 0.1) is 5.41 Å². The summed E-state index contributed by atoms with van der Waals surface area (Å²) in [5, 5.41) is 8.66. The largest absolute Gasteiger partial charge is 0.398 e. The molecule has 0 amide bonds. The van der Waals surface area contributed by atoms with Gasteiger partial charge >= 0.3 is 0 Å². The van der Waals surface area contributed by atoms with Gasteiger partial charge in [-0.2, -0.15) is 0 Å². The second kappa shape index (κ2) is 4.37. The maximum Gasteiger partial charge on any atom is 0.0705 e. The van der Waals surface area contributed by atoms with Gasteiger partial charge in [0.15, 0.2) is 0 Å². The lowest BCUT2D eigenvalue weighted by atomic mass is 10.0. The minimum Gasteiger partial charge on any atom is -0.398 e. The topological polar surface area (TPSA) is 49.9 Å². The number of anilines is 1. The number of nitrogens with two attached hydrogens (primary N) is 1. The van der Waals surface area contributed by atoms with E-state index >= 15 is 0 Å². The molecule has 16 heavy (non-hydrogen) atoms. The number of nitrogens with one attached hydrogen (secondary N) is 1. The maximum absolute atomic E-state index is 8.07. The first-order chi connectivity index (χ1) is 7.68. The summed E-state index contributed by atoms with van der Waals surface area (Å²) < 4.78 is 0. The first-order valence-electron chi connectivity index (χ1n) is 4.88. The molecule has 0 fully saturated rings. The van der Waals surface area contributed by atoms with Gasteiger partial charge in [-0.25, -0.2) is 0 Å². The fourth-order valence-electron chi connectivity index (χ4n) is 1.51. The van der Waals surface area contributed by atoms with Gasteiger partial charge in [0.2, 0.25) is 0 Å². The van der Waals surface area contributed by atoms with E-state index in [-0.39, 0.29) is 0 Å². The van der Waals surface area contributed by atoms with E-state index in [1.54, 1.807) is 18.2 Å². The Labute approximate surface area is 99.2 Å². The molecule has 0 spiro atoms. The van der Waals surface area contributed by atoms with Gasteiger partial charge in [0, 0.05) is 21.8 Å². The van der Waals surface area contributed by atoms with Crippen molar-refractivity contribution in [2.45, 2.75) is 0 Å². The number of hydrogen-bond acceptors (Lipinski definition) is 2. The number of halogens is 1. The molecular formula is C13H11ClN2. The van der Waals surface area contributed by atoms with E-state index < -0.39 is 0 Å². The van der Waals surface area contributed by atoms with E-state index in [4.69, 9.17) is 22.7 Å². The zero-order valence-electron chi connectivity index (χ0n) is 8.57. The van der Waals surface area contributed by atoms with Gasteiger partial charge in [-0.15, -0.1) is 0 Å². The van der Waals surface area contributed by atoms with Crippen molar-refractivity contribution in [1.29, 1.82) is 5.41 Å². The fourth-order valence-corrected chi connectivity index (χ4v) is 1.68. The van der Waals surface area contributed by atoms with E-state index in [2.05, 4.69) is 0 Å². The van der Waals surface area contributed by atoms with Gasteiger partial charge in [-0.3, -0.25) is 5.41 Å². The van der Waals surface area contributed by atoms with Crippen LogP contribution in [0.4, 0.5) is 5.69 Å². The molecule has 0 aliphatic rings. The Morgan fingerprint density at radius 1 is 1.06 bits per heavy atom. The zero-order valence-corrected chi connectivity index (χ0v) is 9.33. The summed E-state index contributed by atoms with van der Waals surface area (Å²) in [6, 6.07) is 14.6. The summed E-state index contributed by atoms with van der Waals surface area (Å²) in [6.07, 6.45) is 0. The third-order valence-corrected chi connectivity index (χ3v) is 2.58. The summed E-state index contributed by atoms with van der Waals surface area (Å²) in [7, 11) is 0. The Balaban J connectivity index is 2.46. The van der Waals surface area contributed by atoms with E-state index in [0.29, 0.717) is 22.0 Å².